The first-order valence-electron chi connectivity index (χ1n) is 9.86. The van der Waals surface area contributed by atoms with Crippen LogP contribution in [0.2, 0.25) is 0 Å². The van der Waals surface area contributed by atoms with Crippen molar-refractivity contribution in [3.05, 3.63) is 29.0 Å². The molecule has 1 aromatic rings. The quantitative estimate of drug-likeness (QED) is 0.822. The van der Waals surface area contributed by atoms with Crippen LogP contribution in [0.25, 0.3) is 5.70 Å². The molecule has 1 saturated carbocycles. The van der Waals surface area contributed by atoms with Crippen molar-refractivity contribution in [1.29, 1.82) is 5.26 Å². The summed E-state index contributed by atoms with van der Waals surface area (Å²) in [5.41, 5.74) is 3.80. The molecule has 0 atom stereocenters. The standard InChI is InChI=1S/C21H24N4O/c22-13-17-18(26)11-15-14-23-19(24-7-2-8-24)12-16(15)20(17)25-9-5-21(6-10-25)3-1-4-21/h12,14H,1-11H2. The van der Waals surface area contributed by atoms with E-state index < -0.39 is 0 Å². The molecule has 0 N–H and O–H groups in total. The maximum absolute atomic E-state index is 12.6. The number of allylic oxidation sites excluding steroid dienone is 1. The number of hydrogen-bond donors (Lipinski definition) is 0. The van der Waals surface area contributed by atoms with Gasteiger partial charge in [-0.2, -0.15) is 5.26 Å². The molecule has 2 saturated heterocycles. The lowest BCUT2D eigenvalue weighted by atomic mass is 9.63. The summed E-state index contributed by atoms with van der Waals surface area (Å²) in [5.74, 6) is 0.920. The minimum Gasteiger partial charge on any atom is -0.370 e. The highest BCUT2D eigenvalue weighted by Gasteiger charge is 2.41. The van der Waals surface area contributed by atoms with Crippen molar-refractivity contribution in [2.75, 3.05) is 31.1 Å². The summed E-state index contributed by atoms with van der Waals surface area (Å²) in [6.45, 7) is 3.99. The third-order valence-electron chi connectivity index (χ3n) is 6.94. The van der Waals surface area contributed by atoms with E-state index in [9.17, 15) is 10.1 Å². The van der Waals surface area contributed by atoms with Gasteiger partial charge in [-0.3, -0.25) is 4.79 Å². The average Bonchev–Trinajstić information content (AvgIpc) is 2.58. The van der Waals surface area contributed by atoms with Gasteiger partial charge in [0.05, 0.1) is 5.70 Å². The van der Waals surface area contributed by atoms with E-state index >= 15 is 0 Å². The van der Waals surface area contributed by atoms with Crippen LogP contribution in [0, 0.1) is 16.7 Å². The van der Waals surface area contributed by atoms with Crippen LogP contribution in [-0.4, -0.2) is 41.8 Å². The molecular weight excluding hydrogens is 324 g/mol. The van der Waals surface area contributed by atoms with Crippen LogP contribution in [0.4, 0.5) is 5.82 Å². The van der Waals surface area contributed by atoms with Crippen molar-refractivity contribution in [3.63, 3.8) is 0 Å². The lowest BCUT2D eigenvalue weighted by Gasteiger charge is -2.49. The maximum atomic E-state index is 12.6. The van der Waals surface area contributed by atoms with Crippen molar-refractivity contribution in [1.82, 2.24) is 9.88 Å². The molecule has 134 valence electrons. The predicted octanol–water partition coefficient (Wildman–Crippen LogP) is 2.92. The van der Waals surface area contributed by atoms with Gasteiger partial charge in [0.15, 0.2) is 5.78 Å². The van der Waals surface area contributed by atoms with Crippen molar-refractivity contribution in [2.45, 2.75) is 44.9 Å². The van der Waals surface area contributed by atoms with Crippen LogP contribution in [0.3, 0.4) is 0 Å². The smallest absolute Gasteiger partial charge is 0.179 e. The van der Waals surface area contributed by atoms with Crippen LogP contribution in [0.5, 0.6) is 0 Å². The zero-order valence-electron chi connectivity index (χ0n) is 15.1. The van der Waals surface area contributed by atoms with Gasteiger partial charge in [-0.05, 0) is 49.1 Å². The van der Waals surface area contributed by atoms with Gasteiger partial charge in [0.25, 0.3) is 0 Å². The molecule has 0 radical (unpaired) electrons. The first-order chi connectivity index (χ1) is 12.7. The number of carbonyl (C=O) groups is 1. The topological polar surface area (TPSA) is 60.2 Å². The van der Waals surface area contributed by atoms with E-state index in [1.165, 1.54) is 38.5 Å². The van der Waals surface area contributed by atoms with Gasteiger partial charge in [-0.15, -0.1) is 0 Å². The number of fused-ring (bicyclic) bond motifs is 1. The van der Waals surface area contributed by atoms with Gasteiger partial charge in [-0.25, -0.2) is 4.98 Å². The summed E-state index contributed by atoms with van der Waals surface area (Å²) in [4.78, 5) is 21.7. The molecule has 0 aromatic carbocycles. The molecule has 3 fully saturated rings. The number of aromatic nitrogens is 1. The Bertz CT molecular complexity index is 832. The molecule has 0 unspecified atom stereocenters. The summed E-state index contributed by atoms with van der Waals surface area (Å²) >= 11 is 0. The van der Waals surface area contributed by atoms with Crippen molar-refractivity contribution in [3.8, 4) is 6.07 Å². The zero-order chi connectivity index (χ0) is 17.7. The van der Waals surface area contributed by atoms with E-state index in [0.717, 1.165) is 48.8 Å². The second-order valence-electron chi connectivity index (χ2n) is 8.32. The monoisotopic (exact) mass is 348 g/mol. The van der Waals surface area contributed by atoms with E-state index in [-0.39, 0.29) is 5.78 Å². The molecule has 2 aliphatic heterocycles. The predicted molar refractivity (Wildman–Crippen MR) is 99.4 cm³/mol. The Hall–Kier alpha value is -2.35. The fourth-order valence-corrected chi connectivity index (χ4v) is 4.91. The average molecular weight is 348 g/mol. The number of pyridine rings is 1. The van der Waals surface area contributed by atoms with Crippen molar-refractivity contribution >= 4 is 17.3 Å². The van der Waals surface area contributed by atoms with Gasteiger partial charge in [0.2, 0.25) is 0 Å². The van der Waals surface area contributed by atoms with Gasteiger partial charge in [0, 0.05) is 44.4 Å². The van der Waals surface area contributed by atoms with E-state index in [0.29, 0.717) is 17.4 Å². The zero-order valence-corrected chi connectivity index (χ0v) is 15.1. The Kier molecular flexibility index (Phi) is 3.56. The summed E-state index contributed by atoms with van der Waals surface area (Å²) in [5, 5.41) is 9.70. The minimum atomic E-state index is -0.0579. The number of ketones is 1. The van der Waals surface area contributed by atoms with E-state index in [1.54, 1.807) is 0 Å². The SMILES string of the molecule is N#CC1=C(N2CCC3(CCC3)CC2)c2cc(N3CCC3)ncc2CC1=O. The summed E-state index contributed by atoms with van der Waals surface area (Å²) < 4.78 is 0. The van der Waals surface area contributed by atoms with E-state index in [2.05, 4.69) is 26.9 Å². The number of nitriles is 1. The summed E-state index contributed by atoms with van der Waals surface area (Å²) in [6, 6.07) is 4.33. The molecule has 1 spiro atoms. The highest BCUT2D eigenvalue weighted by molar-refractivity contribution is 6.10. The number of nitrogens with zero attached hydrogens (tertiary/aromatic N) is 4. The fourth-order valence-electron chi connectivity index (χ4n) is 4.91. The molecule has 4 aliphatic rings. The molecule has 5 rings (SSSR count). The van der Waals surface area contributed by atoms with Gasteiger partial charge >= 0.3 is 0 Å². The van der Waals surface area contributed by atoms with E-state index in [4.69, 9.17) is 0 Å². The van der Waals surface area contributed by atoms with Crippen LogP contribution < -0.4 is 4.90 Å². The second-order valence-corrected chi connectivity index (χ2v) is 8.32. The van der Waals surface area contributed by atoms with Gasteiger partial charge in [0.1, 0.15) is 17.5 Å². The summed E-state index contributed by atoms with van der Waals surface area (Å²) in [6.07, 6.45) is 9.79. The normalized spacial score (nSPS) is 24.0. The largest absolute Gasteiger partial charge is 0.370 e. The number of Topliss-reactive ketones (excluding diaryl/α,β-unsaturated/α-hetero) is 1. The van der Waals surface area contributed by atoms with Crippen LogP contribution in [0.15, 0.2) is 17.8 Å². The third-order valence-corrected chi connectivity index (χ3v) is 6.94. The molecule has 5 nitrogen and oxygen atoms in total. The molecule has 3 heterocycles. The number of rotatable bonds is 2. The lowest BCUT2D eigenvalue weighted by molar-refractivity contribution is -0.114. The van der Waals surface area contributed by atoms with Gasteiger partial charge < -0.3 is 9.80 Å². The van der Waals surface area contributed by atoms with Gasteiger partial charge in [-0.1, -0.05) is 6.42 Å². The molecule has 5 heteroatoms. The number of piperidine rings is 1. The summed E-state index contributed by atoms with van der Waals surface area (Å²) in [7, 11) is 0. The molecule has 0 bridgehead atoms. The number of anilines is 1. The number of carbonyl (C=O) groups excluding carboxylic acids is 1. The molecule has 0 amide bonds. The first kappa shape index (κ1) is 15.9. The fraction of sp³-hybridized carbons (Fsp3) is 0.571. The molecule has 2 aliphatic carbocycles. The highest BCUT2D eigenvalue weighted by Crippen LogP contribution is 2.50. The number of hydrogen-bond acceptors (Lipinski definition) is 5. The van der Waals surface area contributed by atoms with Crippen LogP contribution in [-0.2, 0) is 11.2 Å². The van der Waals surface area contributed by atoms with Crippen LogP contribution in [0.1, 0.15) is 49.7 Å². The number of likely N-dealkylation sites (tertiary alicyclic amines) is 1. The Morgan fingerprint density at radius 3 is 2.38 bits per heavy atom. The Labute approximate surface area is 154 Å². The third kappa shape index (κ3) is 2.35. The molecule has 26 heavy (non-hydrogen) atoms. The Balaban J connectivity index is 1.53. The molecular formula is C21H24N4O. The molecule has 1 aromatic heterocycles. The maximum Gasteiger partial charge on any atom is 0.179 e. The first-order valence-corrected chi connectivity index (χ1v) is 9.86. The van der Waals surface area contributed by atoms with Crippen molar-refractivity contribution in [2.24, 2.45) is 5.41 Å². The highest BCUT2D eigenvalue weighted by atomic mass is 16.1. The minimum absolute atomic E-state index is 0.0579. The van der Waals surface area contributed by atoms with Crippen molar-refractivity contribution < 1.29 is 4.79 Å². The lowest BCUT2D eigenvalue weighted by Crippen LogP contribution is -2.44. The van der Waals surface area contributed by atoms with E-state index in [1.807, 2.05) is 6.20 Å². The Morgan fingerprint density at radius 1 is 1.04 bits per heavy atom. The van der Waals surface area contributed by atoms with Crippen LogP contribution >= 0.6 is 0 Å². The Morgan fingerprint density at radius 2 is 1.81 bits per heavy atom. The second kappa shape index (κ2) is 5.84.